The number of aliphatic hydroxyl groups is 9. The third-order valence-corrected chi connectivity index (χ3v) is 8.59. The molecule has 230 valence electrons. The Morgan fingerprint density at radius 3 is 2.25 bits per heavy atom. The minimum absolute atomic E-state index is 0.158. The van der Waals surface area contributed by atoms with Gasteiger partial charge in [0.15, 0.2) is 18.5 Å². The number of esters is 1. The number of fused-ring (bicyclic) bond motifs is 1. The molecule has 0 aromatic rings. The molecule has 15 heteroatoms. The molecule has 4 rings (SSSR count). The summed E-state index contributed by atoms with van der Waals surface area (Å²) in [7, 11) is 1.42. The topological polar surface area (TPSA) is 246 Å². The van der Waals surface area contributed by atoms with Crippen LogP contribution < -0.4 is 0 Å². The van der Waals surface area contributed by atoms with Crippen molar-refractivity contribution in [3.8, 4) is 0 Å². The van der Waals surface area contributed by atoms with E-state index in [0.717, 1.165) is 0 Å². The highest BCUT2D eigenvalue weighted by molar-refractivity contribution is 5.90. The van der Waals surface area contributed by atoms with E-state index in [9.17, 15) is 45.3 Å². The van der Waals surface area contributed by atoms with E-state index in [2.05, 4.69) is 0 Å². The summed E-state index contributed by atoms with van der Waals surface area (Å²) in [6, 6.07) is 0. The Hall–Kier alpha value is -1.50. The van der Waals surface area contributed by atoms with Crippen molar-refractivity contribution in [2.45, 2.75) is 118 Å². The molecule has 0 bridgehead atoms. The maximum absolute atomic E-state index is 11.7. The Labute approximate surface area is 230 Å². The fourth-order valence-corrected chi connectivity index (χ4v) is 6.47. The minimum Gasteiger partial charge on any atom is -0.481 e. The van der Waals surface area contributed by atoms with Crippen molar-refractivity contribution >= 4 is 11.9 Å². The van der Waals surface area contributed by atoms with Gasteiger partial charge in [-0.1, -0.05) is 0 Å². The van der Waals surface area contributed by atoms with Gasteiger partial charge in [0.2, 0.25) is 0 Å². The van der Waals surface area contributed by atoms with Crippen molar-refractivity contribution in [2.24, 2.45) is 11.8 Å². The number of carboxylic acids is 1. The number of rotatable bonds is 8. The molecule has 15 atom stereocenters. The molecular weight excluding hydrogens is 540 g/mol. The third kappa shape index (κ3) is 6.93. The number of carboxylic acid groups (broad SMARTS) is 1. The van der Waals surface area contributed by atoms with Crippen molar-refractivity contribution < 1.29 is 74.1 Å². The molecular formula is C25H41O15+. The summed E-state index contributed by atoms with van der Waals surface area (Å²) in [5.74, 6) is -3.23. The number of hydrogen-bond acceptors (Lipinski definition) is 13. The molecule has 4 fully saturated rings. The van der Waals surface area contributed by atoms with E-state index in [4.69, 9.17) is 28.8 Å². The van der Waals surface area contributed by atoms with Gasteiger partial charge in [0.05, 0.1) is 30.3 Å². The van der Waals surface area contributed by atoms with Crippen molar-refractivity contribution in [3.05, 3.63) is 0 Å². The van der Waals surface area contributed by atoms with Gasteiger partial charge in [-0.05, 0) is 19.3 Å². The molecule has 0 radical (unpaired) electrons. The molecule has 4 aliphatic rings. The fraction of sp³-hybridized carbons (Fsp3) is 0.920. The van der Waals surface area contributed by atoms with Gasteiger partial charge < -0.3 is 64.5 Å². The lowest BCUT2D eigenvalue weighted by Gasteiger charge is -2.49. The molecule has 0 aromatic carbocycles. The number of aliphatic carboxylic acids is 1. The van der Waals surface area contributed by atoms with E-state index in [1.165, 1.54) is 7.11 Å². The summed E-state index contributed by atoms with van der Waals surface area (Å²) in [4.78, 5) is 22.4. The van der Waals surface area contributed by atoms with Crippen molar-refractivity contribution in [1.82, 2.24) is 0 Å². The van der Waals surface area contributed by atoms with Crippen LogP contribution in [0.15, 0.2) is 0 Å². The average molecular weight is 582 g/mol. The van der Waals surface area contributed by atoms with Gasteiger partial charge in [-0.15, -0.1) is 0 Å². The zero-order valence-electron chi connectivity index (χ0n) is 22.1. The lowest BCUT2D eigenvalue weighted by molar-refractivity contribution is -0.357. The van der Waals surface area contributed by atoms with Gasteiger partial charge in [0.25, 0.3) is 0 Å². The molecule has 9 N–H and O–H groups in total. The molecule has 0 spiro atoms. The van der Waals surface area contributed by atoms with E-state index in [1.807, 2.05) is 0 Å². The fourth-order valence-electron chi connectivity index (χ4n) is 6.47. The maximum atomic E-state index is 11.7. The summed E-state index contributed by atoms with van der Waals surface area (Å²) in [6.45, 7) is -0.612. The number of ether oxygens (including phenoxy) is 5. The van der Waals surface area contributed by atoms with E-state index in [1.54, 1.807) is 0 Å². The Balaban J connectivity index is 1.52. The van der Waals surface area contributed by atoms with Crippen LogP contribution in [0.1, 0.15) is 38.5 Å². The molecule has 2 aliphatic carbocycles. The summed E-state index contributed by atoms with van der Waals surface area (Å²) in [6.07, 6.45) is -14.1. The zero-order chi connectivity index (χ0) is 29.3. The number of hydrogen-bond donors (Lipinski definition) is 8. The Morgan fingerprint density at radius 2 is 1.57 bits per heavy atom. The van der Waals surface area contributed by atoms with Crippen LogP contribution in [0.5, 0.6) is 0 Å². The van der Waals surface area contributed by atoms with Gasteiger partial charge in [0.1, 0.15) is 49.7 Å². The van der Waals surface area contributed by atoms with Crippen LogP contribution in [-0.2, 0) is 28.5 Å². The van der Waals surface area contributed by atoms with E-state index in [0.29, 0.717) is 12.8 Å². The molecule has 2 aliphatic heterocycles. The first-order chi connectivity index (χ1) is 18.9. The van der Waals surface area contributed by atoms with Crippen LogP contribution in [0.25, 0.3) is 0 Å². The summed E-state index contributed by atoms with van der Waals surface area (Å²) in [5.41, 5.74) is 0. The molecule has 2 saturated heterocycles. The van der Waals surface area contributed by atoms with Crippen LogP contribution >= 0.6 is 0 Å². The first-order valence-electron chi connectivity index (χ1n) is 13.6. The monoisotopic (exact) mass is 581 g/mol. The highest BCUT2D eigenvalue weighted by atomic mass is 16.7. The lowest BCUT2D eigenvalue weighted by atomic mass is 9.72. The number of carbonyl (C=O) groups excluding carboxylic acids is 1. The lowest BCUT2D eigenvalue weighted by Crippen LogP contribution is -2.63. The molecule has 0 aromatic heterocycles. The Morgan fingerprint density at radius 1 is 0.850 bits per heavy atom. The van der Waals surface area contributed by atoms with E-state index >= 15 is 0 Å². The normalized spacial score (nSPS) is 47.8. The van der Waals surface area contributed by atoms with Crippen LogP contribution in [-0.4, -0.2) is 151 Å². The first-order valence-corrected chi connectivity index (χ1v) is 13.6. The van der Waals surface area contributed by atoms with Crippen LogP contribution in [0, 0.1) is 11.8 Å². The average Bonchev–Trinajstić information content (AvgIpc) is 2.89. The first kappa shape index (κ1) is 31.4. The predicted octanol–water partition coefficient (Wildman–Crippen LogP) is -3.86. The van der Waals surface area contributed by atoms with Gasteiger partial charge >= 0.3 is 11.9 Å². The van der Waals surface area contributed by atoms with Gasteiger partial charge in [-0.25, -0.2) is 0 Å². The summed E-state index contributed by atoms with van der Waals surface area (Å²) < 4.78 is 26.9. The second kappa shape index (κ2) is 13.2. The number of methoxy groups -OCH3 is 1. The molecule has 15 unspecified atom stereocenters. The van der Waals surface area contributed by atoms with Gasteiger partial charge in [-0.2, -0.15) is 0 Å². The highest BCUT2D eigenvalue weighted by Crippen LogP contribution is 2.42. The maximum Gasteiger partial charge on any atom is 0.317 e. The molecule has 2 saturated carbocycles. The van der Waals surface area contributed by atoms with Crippen molar-refractivity contribution in [2.75, 3.05) is 13.7 Å². The van der Waals surface area contributed by atoms with E-state index < -0.39 is 105 Å². The predicted molar refractivity (Wildman–Crippen MR) is 129 cm³/mol. The second-order valence-electron chi connectivity index (χ2n) is 11.3. The Bertz CT molecular complexity index is 873. The number of carbonyl (C=O) groups is 2. The molecule has 15 nitrogen and oxygen atoms in total. The van der Waals surface area contributed by atoms with Crippen LogP contribution in [0.3, 0.4) is 0 Å². The zero-order valence-corrected chi connectivity index (χ0v) is 22.1. The highest BCUT2D eigenvalue weighted by Gasteiger charge is 2.55. The summed E-state index contributed by atoms with van der Waals surface area (Å²) >= 11 is 0. The van der Waals surface area contributed by atoms with E-state index in [-0.39, 0.29) is 31.1 Å². The van der Waals surface area contributed by atoms with Gasteiger partial charge in [-0.3, -0.25) is 9.59 Å². The quantitative estimate of drug-likeness (QED) is 0.0777. The third-order valence-electron chi connectivity index (χ3n) is 8.59. The summed E-state index contributed by atoms with van der Waals surface area (Å²) in [5, 5.41) is 82.0. The SMILES string of the molecule is COC1CC(C2[OH+]C3CC(O)CC(O)C3CC2OC2OC(COC(=O)CC(=O)O)C(O)C(O)C2O)CC(O)C1O. The van der Waals surface area contributed by atoms with Crippen LogP contribution in [0.2, 0.25) is 0 Å². The molecule has 2 heterocycles. The Kier molecular flexibility index (Phi) is 10.4. The molecule has 0 amide bonds. The molecule has 40 heavy (non-hydrogen) atoms. The smallest absolute Gasteiger partial charge is 0.317 e. The standard InChI is InChI=1S/C25H40O15/c1-36-15-3-9(2-13(28)20(15)32)24-16(6-11-12(27)4-10(26)5-14(11)38-24)39-25-23(35)22(34)21(33)17(40-25)8-37-19(31)7-18(29)30/h9-17,20-28,32-35H,2-8H2,1H3,(H,29,30)/p+1. The number of aliphatic hydroxyl groups excluding tert-OH is 7. The minimum atomic E-state index is -1.76. The van der Waals surface area contributed by atoms with Crippen molar-refractivity contribution in [1.29, 1.82) is 0 Å². The second-order valence-corrected chi connectivity index (χ2v) is 11.3. The van der Waals surface area contributed by atoms with Crippen molar-refractivity contribution in [3.63, 3.8) is 0 Å². The van der Waals surface area contributed by atoms with Gasteiger partial charge in [0, 0.05) is 25.9 Å². The van der Waals surface area contributed by atoms with Crippen LogP contribution in [0.4, 0.5) is 0 Å². The largest absolute Gasteiger partial charge is 0.481 e.